The number of ether oxygens (including phenoxy) is 4. The van der Waals surface area contributed by atoms with Gasteiger partial charge in [-0.1, -0.05) is 128 Å². The predicted octanol–water partition coefficient (Wildman–Crippen LogP) is 7.67. The average Bonchev–Trinajstić information content (AvgIpc) is 3.13. The highest BCUT2D eigenvalue weighted by molar-refractivity contribution is 7.85. The number of aliphatic hydroxyl groups is 3. The lowest BCUT2D eigenvalue weighted by Gasteiger charge is -2.40. The van der Waals surface area contributed by atoms with Crippen LogP contribution in [0.3, 0.4) is 0 Å². The van der Waals surface area contributed by atoms with Gasteiger partial charge in [-0.3, -0.25) is 14.1 Å². The van der Waals surface area contributed by atoms with Gasteiger partial charge in [-0.25, -0.2) is 0 Å². The average molecular weight is 791 g/mol. The molecule has 0 radical (unpaired) electrons. The lowest BCUT2D eigenvalue weighted by atomic mass is 10.00. The smallest absolute Gasteiger partial charge is 0.306 e. The second-order valence-electron chi connectivity index (χ2n) is 14.7. The number of hydrogen-bond donors (Lipinski definition) is 4. The van der Waals surface area contributed by atoms with Crippen LogP contribution >= 0.6 is 0 Å². The summed E-state index contributed by atoms with van der Waals surface area (Å²) in [6.45, 7) is 5.22. The SMILES string of the molecule is C=CCCCCCCCCCCCCCCCC(=O)O[C@H](COC(=O)CCCCCCC/C=C/CCCC)CO[C@H]1O[C@H](CS(=O)(=O)O)[C@@H](O)C(O)C1O. The molecule has 0 aromatic heterocycles. The Hall–Kier alpha value is -1.87. The minimum atomic E-state index is -4.60. The number of carbonyl (C=O) groups is 2. The molecule has 0 aromatic carbocycles. The molecule has 54 heavy (non-hydrogen) atoms. The first-order valence-electron chi connectivity index (χ1n) is 20.9. The minimum Gasteiger partial charge on any atom is -0.462 e. The molecule has 0 spiro atoms. The van der Waals surface area contributed by atoms with Crippen LogP contribution in [0.1, 0.15) is 167 Å². The first-order chi connectivity index (χ1) is 26.0. The van der Waals surface area contributed by atoms with Crippen LogP contribution in [0.5, 0.6) is 0 Å². The van der Waals surface area contributed by atoms with Gasteiger partial charge in [0.1, 0.15) is 36.8 Å². The molecule has 1 rings (SSSR count). The Kier molecular flexibility index (Phi) is 29.9. The van der Waals surface area contributed by atoms with Crippen LogP contribution < -0.4 is 0 Å². The third-order valence-electron chi connectivity index (χ3n) is 9.65. The summed E-state index contributed by atoms with van der Waals surface area (Å²) in [6.07, 6.45) is 22.7. The number of allylic oxidation sites excluding steroid dienone is 3. The van der Waals surface area contributed by atoms with Crippen molar-refractivity contribution in [3.63, 3.8) is 0 Å². The van der Waals surface area contributed by atoms with Crippen LogP contribution in [0.4, 0.5) is 0 Å². The molecule has 12 nitrogen and oxygen atoms in total. The Balaban J connectivity index is 2.47. The highest BCUT2D eigenvalue weighted by Gasteiger charge is 2.46. The van der Waals surface area contributed by atoms with Gasteiger partial charge < -0.3 is 34.3 Å². The zero-order chi connectivity index (χ0) is 39.9. The third-order valence-corrected chi connectivity index (χ3v) is 10.4. The zero-order valence-corrected chi connectivity index (χ0v) is 34.0. The second kappa shape index (κ2) is 32.2. The predicted molar refractivity (Wildman–Crippen MR) is 210 cm³/mol. The van der Waals surface area contributed by atoms with Crippen molar-refractivity contribution in [3.8, 4) is 0 Å². The molecule has 0 saturated carbocycles. The Morgan fingerprint density at radius 1 is 0.667 bits per heavy atom. The topological polar surface area (TPSA) is 186 Å². The van der Waals surface area contributed by atoms with Crippen LogP contribution in [-0.4, -0.2) is 96.0 Å². The van der Waals surface area contributed by atoms with Crippen molar-refractivity contribution < 1.29 is 56.8 Å². The van der Waals surface area contributed by atoms with Crippen molar-refractivity contribution >= 4 is 22.1 Å². The first kappa shape index (κ1) is 50.1. The van der Waals surface area contributed by atoms with Gasteiger partial charge in [0.05, 0.1) is 6.61 Å². The number of esters is 2. The summed E-state index contributed by atoms with van der Waals surface area (Å²) >= 11 is 0. The largest absolute Gasteiger partial charge is 0.462 e. The molecular formula is C41H74O12S. The maximum Gasteiger partial charge on any atom is 0.306 e. The van der Waals surface area contributed by atoms with E-state index >= 15 is 0 Å². The van der Waals surface area contributed by atoms with E-state index in [1.165, 1.54) is 70.6 Å². The Bertz CT molecular complexity index is 1100. The second-order valence-corrected chi connectivity index (χ2v) is 16.2. The molecule has 0 bridgehead atoms. The molecule has 4 N–H and O–H groups in total. The van der Waals surface area contributed by atoms with E-state index < -0.39 is 71.2 Å². The van der Waals surface area contributed by atoms with E-state index in [4.69, 9.17) is 18.9 Å². The summed E-state index contributed by atoms with van der Waals surface area (Å²) in [5, 5.41) is 30.8. The van der Waals surface area contributed by atoms with Crippen molar-refractivity contribution in [2.24, 2.45) is 0 Å². The van der Waals surface area contributed by atoms with Crippen molar-refractivity contribution in [1.29, 1.82) is 0 Å². The van der Waals surface area contributed by atoms with Crippen molar-refractivity contribution in [2.75, 3.05) is 19.0 Å². The number of rotatable bonds is 35. The van der Waals surface area contributed by atoms with Crippen LogP contribution in [0.25, 0.3) is 0 Å². The maximum absolute atomic E-state index is 12.8. The molecule has 13 heteroatoms. The summed E-state index contributed by atoms with van der Waals surface area (Å²) in [5.41, 5.74) is 0. The third kappa shape index (κ3) is 26.9. The molecular weight excluding hydrogens is 717 g/mol. The fraction of sp³-hybridized carbons (Fsp3) is 0.854. The van der Waals surface area contributed by atoms with Gasteiger partial charge in [-0.2, -0.15) is 8.42 Å². The molecule has 6 atom stereocenters. The normalized spacial score (nSPS) is 20.9. The molecule has 1 aliphatic heterocycles. The van der Waals surface area contributed by atoms with E-state index in [1.54, 1.807) is 0 Å². The van der Waals surface area contributed by atoms with Crippen molar-refractivity contribution in [1.82, 2.24) is 0 Å². The molecule has 2 unspecified atom stereocenters. The van der Waals surface area contributed by atoms with E-state index in [1.807, 2.05) is 6.08 Å². The van der Waals surface area contributed by atoms with Crippen molar-refractivity contribution in [3.05, 3.63) is 24.8 Å². The summed E-state index contributed by atoms with van der Waals surface area (Å²) < 4.78 is 53.9. The molecule has 0 amide bonds. The molecule has 1 heterocycles. The molecule has 316 valence electrons. The number of hydrogen-bond acceptors (Lipinski definition) is 11. The number of aliphatic hydroxyl groups excluding tert-OH is 3. The van der Waals surface area contributed by atoms with Gasteiger partial charge in [0.25, 0.3) is 10.1 Å². The van der Waals surface area contributed by atoms with Crippen LogP contribution in [0, 0.1) is 0 Å². The van der Waals surface area contributed by atoms with Crippen molar-refractivity contribution in [2.45, 2.75) is 204 Å². The lowest BCUT2D eigenvalue weighted by molar-refractivity contribution is -0.297. The van der Waals surface area contributed by atoms with Gasteiger partial charge >= 0.3 is 11.9 Å². The monoisotopic (exact) mass is 790 g/mol. The number of unbranched alkanes of at least 4 members (excludes halogenated alkanes) is 20. The van der Waals surface area contributed by atoms with E-state index in [0.717, 1.165) is 64.2 Å². The first-order valence-corrected chi connectivity index (χ1v) is 22.5. The number of carbonyl (C=O) groups excluding carboxylic acids is 2. The van der Waals surface area contributed by atoms with E-state index in [0.29, 0.717) is 12.8 Å². The summed E-state index contributed by atoms with van der Waals surface area (Å²) in [4.78, 5) is 25.3. The molecule has 0 aromatic rings. The fourth-order valence-corrected chi connectivity index (χ4v) is 7.03. The van der Waals surface area contributed by atoms with Gasteiger partial charge in [-0.15, -0.1) is 6.58 Å². The van der Waals surface area contributed by atoms with Gasteiger partial charge in [-0.05, 0) is 44.9 Å². The highest BCUT2D eigenvalue weighted by atomic mass is 32.2. The van der Waals surface area contributed by atoms with E-state index in [-0.39, 0.29) is 19.4 Å². The Morgan fingerprint density at radius 3 is 1.67 bits per heavy atom. The summed E-state index contributed by atoms with van der Waals surface area (Å²) in [6, 6.07) is 0. The van der Waals surface area contributed by atoms with Crippen LogP contribution in [0.15, 0.2) is 24.8 Å². The fourth-order valence-electron chi connectivity index (χ4n) is 6.34. The molecule has 1 saturated heterocycles. The minimum absolute atomic E-state index is 0.162. The van der Waals surface area contributed by atoms with Crippen LogP contribution in [-0.2, 0) is 38.7 Å². The Labute approximate surface area is 326 Å². The molecule has 0 aliphatic carbocycles. The van der Waals surface area contributed by atoms with Gasteiger partial charge in [0.15, 0.2) is 12.4 Å². The standard InChI is InChI=1S/C41H74O12S/c1-3-5-7-9-11-13-15-16-17-18-20-22-24-26-28-30-37(43)52-34(31-50-36(42)29-27-25-23-21-19-14-12-10-8-6-4-2)32-51-41-40(46)39(45)38(44)35(53-41)33-54(47,48)49/h3,10,12,34-35,38-41,44-46H,1,4-9,11,13-33H2,2H3,(H,47,48,49)/b12-10+/t34-,35-,38-,39?,40?,41+/m1/s1. The molecule has 1 aliphatic rings. The molecule has 1 fully saturated rings. The zero-order valence-electron chi connectivity index (χ0n) is 33.2. The summed E-state index contributed by atoms with van der Waals surface area (Å²) in [5.74, 6) is -2.00. The quantitative estimate of drug-likeness (QED) is 0.0213. The van der Waals surface area contributed by atoms with Crippen LogP contribution in [0.2, 0.25) is 0 Å². The van der Waals surface area contributed by atoms with Gasteiger partial charge in [0.2, 0.25) is 0 Å². The highest BCUT2D eigenvalue weighted by Crippen LogP contribution is 2.24. The van der Waals surface area contributed by atoms with Gasteiger partial charge in [0, 0.05) is 12.8 Å². The van der Waals surface area contributed by atoms with E-state index in [2.05, 4.69) is 25.7 Å². The Morgan fingerprint density at radius 2 is 1.15 bits per heavy atom. The van der Waals surface area contributed by atoms with E-state index in [9.17, 15) is 37.9 Å². The lowest BCUT2D eigenvalue weighted by Crippen LogP contribution is -2.60. The maximum atomic E-state index is 12.8. The summed E-state index contributed by atoms with van der Waals surface area (Å²) in [7, 11) is -4.60.